The van der Waals surface area contributed by atoms with Gasteiger partial charge in [-0.15, -0.1) is 11.3 Å². The van der Waals surface area contributed by atoms with E-state index in [-0.39, 0.29) is 17.2 Å². The number of benzene rings is 1. The zero-order chi connectivity index (χ0) is 18.5. The molecule has 2 amide bonds. The van der Waals surface area contributed by atoms with Crippen LogP contribution in [0.5, 0.6) is 0 Å². The Morgan fingerprint density at radius 1 is 1.30 bits per heavy atom. The second kappa shape index (κ2) is 6.38. The molecule has 6 nitrogen and oxygen atoms in total. The number of primary amides is 1. The summed E-state index contributed by atoms with van der Waals surface area (Å²) in [5.41, 5.74) is 9.29. The number of nitrogens with one attached hydrogen (secondary N) is 1. The van der Waals surface area contributed by atoms with Crippen LogP contribution in [0.25, 0.3) is 11.3 Å². The molecule has 0 bridgehead atoms. The van der Waals surface area contributed by atoms with Crippen molar-refractivity contribution in [3.63, 3.8) is 0 Å². The minimum absolute atomic E-state index is 0.0455. The topological polar surface area (TPSA) is 88.3 Å². The minimum Gasteiger partial charge on any atom is -0.365 e. The molecule has 1 fully saturated rings. The zero-order valence-corrected chi connectivity index (χ0v) is 16.1. The first-order valence-electron chi connectivity index (χ1n) is 8.94. The molecule has 1 atom stereocenters. The van der Waals surface area contributed by atoms with Crippen LogP contribution in [0.4, 0.5) is 10.8 Å². The number of aromatic nitrogens is 1. The van der Waals surface area contributed by atoms with Crippen LogP contribution < -0.4 is 16.0 Å². The molecule has 8 heteroatoms. The second-order valence-corrected chi connectivity index (χ2v) is 9.01. The molecule has 1 aromatic carbocycles. The number of fused-ring (bicyclic) bond motifs is 1. The van der Waals surface area contributed by atoms with Crippen molar-refractivity contribution in [2.75, 3.05) is 10.2 Å². The molecule has 1 saturated carbocycles. The summed E-state index contributed by atoms with van der Waals surface area (Å²) < 4.78 is 0. The van der Waals surface area contributed by atoms with Crippen LogP contribution in [0.2, 0.25) is 0 Å². The molecular weight excluding hydrogens is 380 g/mol. The van der Waals surface area contributed by atoms with Crippen molar-refractivity contribution in [1.29, 1.82) is 0 Å². The Bertz CT molecular complexity index is 980. The molecule has 1 unspecified atom stereocenters. The number of carbonyl (C=O) groups is 2. The van der Waals surface area contributed by atoms with Crippen LogP contribution in [-0.4, -0.2) is 22.2 Å². The van der Waals surface area contributed by atoms with Crippen molar-refractivity contribution in [2.45, 2.75) is 31.1 Å². The minimum atomic E-state index is -0.384. The lowest BCUT2D eigenvalue weighted by atomic mass is 9.98. The number of nitrogens with two attached hydrogens (primary N) is 1. The van der Waals surface area contributed by atoms with Gasteiger partial charge in [0.05, 0.1) is 21.7 Å². The van der Waals surface area contributed by atoms with Crippen molar-refractivity contribution in [3.05, 3.63) is 40.2 Å². The highest BCUT2D eigenvalue weighted by atomic mass is 32.2. The normalized spacial score (nSPS) is 21.6. The maximum Gasteiger partial charge on any atom is 0.256 e. The number of anilines is 2. The van der Waals surface area contributed by atoms with Gasteiger partial charge in [-0.05, 0) is 30.7 Å². The Kier molecular flexibility index (Phi) is 3.98. The highest BCUT2D eigenvalue weighted by Crippen LogP contribution is 2.49. The predicted octanol–water partition coefficient (Wildman–Crippen LogP) is 3.31. The molecule has 0 saturated heterocycles. The van der Waals surface area contributed by atoms with Gasteiger partial charge in [-0.2, -0.15) is 0 Å². The van der Waals surface area contributed by atoms with Gasteiger partial charge < -0.3 is 16.0 Å². The Morgan fingerprint density at radius 2 is 2.15 bits per heavy atom. The fourth-order valence-electron chi connectivity index (χ4n) is 3.53. The van der Waals surface area contributed by atoms with Crippen molar-refractivity contribution in [2.24, 2.45) is 11.7 Å². The lowest BCUT2D eigenvalue weighted by molar-refractivity contribution is -0.116. The van der Waals surface area contributed by atoms with Gasteiger partial charge in [-0.1, -0.05) is 30.0 Å². The highest BCUT2D eigenvalue weighted by Gasteiger charge is 2.41. The molecule has 3 aliphatic rings. The van der Waals surface area contributed by atoms with Crippen LogP contribution in [0.3, 0.4) is 0 Å². The number of rotatable bonds is 4. The lowest BCUT2D eigenvalue weighted by Crippen LogP contribution is -2.25. The number of carbonyl (C=O) groups excluding carboxylic acids is 2. The maximum atomic E-state index is 11.9. The van der Waals surface area contributed by atoms with Crippen LogP contribution in [0, 0.1) is 5.92 Å². The van der Waals surface area contributed by atoms with Crippen LogP contribution in [0.1, 0.15) is 24.8 Å². The van der Waals surface area contributed by atoms with Gasteiger partial charge in [0.15, 0.2) is 5.13 Å². The standard InChI is InChI=1S/C19H18N4O2S2/c20-17(25)14-8-23(18(27-14)11-4-5-11)19-21-13(9-26-19)12-3-1-2-10-6-7-15(24)22-16(10)12/h1-3,8-9,11,18H,4-7H2,(H2,20,25)(H,22,24). The van der Waals surface area contributed by atoms with E-state index in [2.05, 4.69) is 10.2 Å². The predicted molar refractivity (Wildman–Crippen MR) is 108 cm³/mol. The average Bonchev–Trinajstić information content (AvgIpc) is 3.21. The van der Waals surface area contributed by atoms with Gasteiger partial charge in [0.25, 0.3) is 5.91 Å². The first-order valence-corrected chi connectivity index (χ1v) is 10.7. The quantitative estimate of drug-likeness (QED) is 0.825. The van der Waals surface area contributed by atoms with Crippen molar-refractivity contribution < 1.29 is 9.59 Å². The summed E-state index contributed by atoms with van der Waals surface area (Å²) >= 11 is 3.09. The number of hydrogen-bond donors (Lipinski definition) is 2. The van der Waals surface area contributed by atoms with Crippen LogP contribution in [-0.2, 0) is 16.0 Å². The number of para-hydroxylation sites is 1. The summed E-state index contributed by atoms with van der Waals surface area (Å²) in [4.78, 5) is 31.0. The SMILES string of the molecule is NC(=O)C1=CN(c2nc(-c3cccc4c3NC(=O)CC4)cs2)C(C2CC2)S1. The lowest BCUT2D eigenvalue weighted by Gasteiger charge is -2.21. The molecule has 3 heterocycles. The van der Waals surface area contributed by atoms with E-state index in [0.717, 1.165) is 34.1 Å². The van der Waals surface area contributed by atoms with Crippen molar-refractivity contribution in [3.8, 4) is 11.3 Å². The van der Waals surface area contributed by atoms with Gasteiger partial charge in [0.2, 0.25) is 5.91 Å². The largest absolute Gasteiger partial charge is 0.365 e. The van der Waals surface area contributed by atoms with E-state index in [1.807, 2.05) is 29.8 Å². The van der Waals surface area contributed by atoms with Gasteiger partial charge in [-0.3, -0.25) is 9.59 Å². The third-order valence-electron chi connectivity index (χ3n) is 5.07. The molecule has 138 valence electrons. The molecule has 1 aromatic heterocycles. The van der Waals surface area contributed by atoms with Crippen LogP contribution in [0.15, 0.2) is 34.7 Å². The van der Waals surface area contributed by atoms with Gasteiger partial charge in [-0.25, -0.2) is 4.98 Å². The summed E-state index contributed by atoms with van der Waals surface area (Å²) in [6, 6.07) is 6.05. The van der Waals surface area contributed by atoms with E-state index in [1.54, 1.807) is 23.1 Å². The molecule has 0 spiro atoms. The first kappa shape index (κ1) is 16.8. The van der Waals surface area contributed by atoms with E-state index in [4.69, 9.17) is 10.7 Å². The number of thioether (sulfide) groups is 1. The van der Waals surface area contributed by atoms with E-state index in [9.17, 15) is 9.59 Å². The molecule has 5 rings (SSSR count). The van der Waals surface area contributed by atoms with E-state index >= 15 is 0 Å². The van der Waals surface area contributed by atoms with Crippen LogP contribution >= 0.6 is 23.1 Å². The Morgan fingerprint density at radius 3 is 2.93 bits per heavy atom. The molecule has 1 aliphatic carbocycles. The van der Waals surface area contributed by atoms with Gasteiger partial charge in [0, 0.05) is 23.6 Å². The second-order valence-electron chi connectivity index (χ2n) is 7.01. The smallest absolute Gasteiger partial charge is 0.256 e. The highest BCUT2D eigenvalue weighted by molar-refractivity contribution is 8.05. The van der Waals surface area contributed by atoms with E-state index < -0.39 is 0 Å². The monoisotopic (exact) mass is 398 g/mol. The Balaban J connectivity index is 1.50. The first-order chi connectivity index (χ1) is 13.1. The van der Waals surface area contributed by atoms with E-state index in [0.29, 0.717) is 17.2 Å². The van der Waals surface area contributed by atoms with Crippen molar-refractivity contribution >= 4 is 45.7 Å². The Hall–Kier alpha value is -2.32. The molecule has 27 heavy (non-hydrogen) atoms. The third-order valence-corrected chi connectivity index (χ3v) is 7.34. The summed E-state index contributed by atoms with van der Waals surface area (Å²) in [5, 5.41) is 6.05. The number of hydrogen-bond acceptors (Lipinski definition) is 6. The van der Waals surface area contributed by atoms with Gasteiger partial charge >= 0.3 is 0 Å². The van der Waals surface area contributed by atoms with Crippen molar-refractivity contribution in [1.82, 2.24) is 4.98 Å². The number of nitrogens with zero attached hydrogens (tertiary/aromatic N) is 2. The summed E-state index contributed by atoms with van der Waals surface area (Å²) in [7, 11) is 0. The molecule has 3 N–H and O–H groups in total. The van der Waals surface area contributed by atoms with Gasteiger partial charge in [0.1, 0.15) is 0 Å². The van der Waals surface area contributed by atoms with E-state index in [1.165, 1.54) is 12.8 Å². The average molecular weight is 399 g/mol. The fraction of sp³-hybridized carbons (Fsp3) is 0.316. The third kappa shape index (κ3) is 3.02. The molecule has 2 aliphatic heterocycles. The zero-order valence-electron chi connectivity index (χ0n) is 14.5. The Labute approximate surface area is 164 Å². The fourth-order valence-corrected chi connectivity index (χ4v) is 5.73. The molecule has 2 aromatic rings. The summed E-state index contributed by atoms with van der Waals surface area (Å²) in [5.74, 6) is 0.230. The number of aryl methyl sites for hydroxylation is 1. The molecule has 0 radical (unpaired) electrons. The number of thiazole rings is 1. The number of amides is 2. The summed E-state index contributed by atoms with van der Waals surface area (Å²) in [6.07, 6.45) is 5.45. The molecular formula is C19H18N4O2S2. The maximum absolute atomic E-state index is 11.9. The summed E-state index contributed by atoms with van der Waals surface area (Å²) in [6.45, 7) is 0.